The fourth-order valence-corrected chi connectivity index (χ4v) is 4.24. The first-order valence-electron chi connectivity index (χ1n) is 11.0. The maximum absolute atomic E-state index is 13.7. The van der Waals surface area contributed by atoms with Gasteiger partial charge in [0, 0.05) is 25.3 Å². The number of nitrogens with one attached hydrogen (secondary N) is 1. The van der Waals surface area contributed by atoms with E-state index in [4.69, 9.17) is 0 Å². The number of nitrogens with zero attached hydrogens (tertiary/aromatic N) is 2. The molecule has 0 radical (unpaired) electrons. The molecule has 1 aliphatic rings. The number of carbonyl (C=O) groups is 1. The maximum Gasteiger partial charge on any atom is 0.417 e. The summed E-state index contributed by atoms with van der Waals surface area (Å²) >= 11 is 0. The predicted molar refractivity (Wildman–Crippen MR) is 123 cm³/mol. The Hall–Kier alpha value is -3.35. The Balaban J connectivity index is 1.54. The lowest BCUT2D eigenvalue weighted by atomic mass is 9.91. The van der Waals surface area contributed by atoms with Crippen LogP contribution < -0.4 is 5.32 Å². The van der Waals surface area contributed by atoms with E-state index < -0.39 is 11.7 Å². The lowest BCUT2D eigenvalue weighted by Gasteiger charge is -2.34. The molecule has 0 spiro atoms. The molecule has 0 saturated carbocycles. The minimum absolute atomic E-state index is 0.0260. The van der Waals surface area contributed by atoms with E-state index in [-0.39, 0.29) is 11.9 Å². The number of anilines is 1. The second kappa shape index (κ2) is 9.25. The molecule has 1 fully saturated rings. The molecule has 1 aliphatic heterocycles. The molecule has 4 rings (SSSR count). The van der Waals surface area contributed by atoms with Crippen LogP contribution in [0.5, 0.6) is 0 Å². The van der Waals surface area contributed by atoms with Crippen LogP contribution in [0, 0.1) is 13.8 Å². The van der Waals surface area contributed by atoms with E-state index in [1.54, 1.807) is 0 Å². The molecule has 4 nitrogen and oxygen atoms in total. The van der Waals surface area contributed by atoms with Gasteiger partial charge < -0.3 is 10.2 Å². The molecule has 172 valence electrons. The minimum atomic E-state index is -4.41. The monoisotopic (exact) mass is 453 g/mol. The number of aryl methyl sites for hydroxylation is 1. The summed E-state index contributed by atoms with van der Waals surface area (Å²) < 4.78 is 38.4. The molecule has 7 heteroatoms. The van der Waals surface area contributed by atoms with Gasteiger partial charge in [-0.15, -0.1) is 0 Å². The highest BCUT2D eigenvalue weighted by molar-refractivity contribution is 6.02. The summed E-state index contributed by atoms with van der Waals surface area (Å²) in [5.74, 6) is 0.348. The second-order valence-corrected chi connectivity index (χ2v) is 8.46. The van der Waals surface area contributed by atoms with Gasteiger partial charge in [-0.05, 0) is 61.1 Å². The van der Waals surface area contributed by atoms with E-state index in [0.29, 0.717) is 24.5 Å². The van der Waals surface area contributed by atoms with Crippen LogP contribution in [0.15, 0.2) is 60.8 Å². The molecule has 0 aliphatic carbocycles. The molecule has 1 amide bonds. The van der Waals surface area contributed by atoms with Crippen LogP contribution in [0.2, 0.25) is 0 Å². The number of benzene rings is 2. The van der Waals surface area contributed by atoms with Crippen LogP contribution >= 0.6 is 0 Å². The average molecular weight is 454 g/mol. The number of amides is 1. The Morgan fingerprint density at radius 3 is 2.48 bits per heavy atom. The minimum Gasteiger partial charge on any atom is -0.366 e. The van der Waals surface area contributed by atoms with Crippen molar-refractivity contribution in [1.29, 1.82) is 0 Å². The number of alkyl halides is 3. The van der Waals surface area contributed by atoms with Crippen LogP contribution in [0.4, 0.5) is 19.0 Å². The maximum atomic E-state index is 13.7. The van der Waals surface area contributed by atoms with Gasteiger partial charge in [0.1, 0.15) is 5.82 Å². The molecule has 1 N–H and O–H groups in total. The number of carbonyl (C=O) groups excluding carboxylic acids is 1. The molecule has 33 heavy (non-hydrogen) atoms. The molecule has 0 bridgehead atoms. The van der Waals surface area contributed by atoms with Crippen LogP contribution in [-0.2, 0) is 6.18 Å². The Bertz CT molecular complexity index is 1130. The van der Waals surface area contributed by atoms with Gasteiger partial charge in [0.15, 0.2) is 0 Å². The molecule has 1 atom stereocenters. The van der Waals surface area contributed by atoms with Crippen molar-refractivity contribution >= 4 is 11.7 Å². The van der Waals surface area contributed by atoms with E-state index in [2.05, 4.69) is 10.3 Å². The Labute approximate surface area is 191 Å². The van der Waals surface area contributed by atoms with Crippen LogP contribution in [0.3, 0.4) is 0 Å². The fourth-order valence-electron chi connectivity index (χ4n) is 4.24. The summed E-state index contributed by atoms with van der Waals surface area (Å²) in [6.45, 7) is 5.07. The number of rotatable bonds is 4. The average Bonchev–Trinajstić information content (AvgIpc) is 2.81. The van der Waals surface area contributed by atoms with Gasteiger partial charge in [0.25, 0.3) is 5.91 Å². The topological polar surface area (TPSA) is 45.2 Å². The number of hydrogen-bond donors (Lipinski definition) is 1. The van der Waals surface area contributed by atoms with Gasteiger partial charge in [-0.2, -0.15) is 13.2 Å². The highest BCUT2D eigenvalue weighted by Crippen LogP contribution is 2.31. The van der Waals surface area contributed by atoms with E-state index in [9.17, 15) is 18.0 Å². The Kier molecular flexibility index (Phi) is 6.40. The van der Waals surface area contributed by atoms with E-state index in [1.807, 2.05) is 61.2 Å². The summed E-state index contributed by atoms with van der Waals surface area (Å²) in [4.78, 5) is 19.4. The van der Waals surface area contributed by atoms with Gasteiger partial charge >= 0.3 is 6.18 Å². The Morgan fingerprint density at radius 1 is 1.06 bits per heavy atom. The zero-order valence-corrected chi connectivity index (χ0v) is 18.6. The molecule has 3 aromatic rings. The lowest BCUT2D eigenvalue weighted by Crippen LogP contribution is -2.45. The van der Waals surface area contributed by atoms with Crippen LogP contribution in [-0.4, -0.2) is 34.9 Å². The first kappa shape index (κ1) is 22.8. The van der Waals surface area contributed by atoms with Crippen LogP contribution in [0.1, 0.15) is 39.9 Å². The van der Waals surface area contributed by atoms with Gasteiger partial charge in [0.05, 0.1) is 11.1 Å². The molecule has 1 aromatic heterocycles. The van der Waals surface area contributed by atoms with Crippen molar-refractivity contribution in [3.63, 3.8) is 0 Å². The smallest absolute Gasteiger partial charge is 0.366 e. The number of hydrogen-bond acceptors (Lipinski definition) is 3. The largest absolute Gasteiger partial charge is 0.417 e. The molecular weight excluding hydrogens is 427 g/mol. The highest BCUT2D eigenvalue weighted by Gasteiger charge is 2.31. The van der Waals surface area contributed by atoms with Gasteiger partial charge in [-0.25, -0.2) is 4.98 Å². The van der Waals surface area contributed by atoms with E-state index in [1.165, 1.54) is 6.07 Å². The van der Waals surface area contributed by atoms with Crippen molar-refractivity contribution in [2.45, 2.75) is 38.9 Å². The first-order chi connectivity index (χ1) is 15.7. The van der Waals surface area contributed by atoms with Crippen molar-refractivity contribution in [3.05, 3.63) is 83.0 Å². The molecular formula is C26H26F3N3O. The zero-order valence-electron chi connectivity index (χ0n) is 18.6. The summed E-state index contributed by atoms with van der Waals surface area (Å²) in [6, 6.07) is 16.1. The highest BCUT2D eigenvalue weighted by atomic mass is 19.4. The number of pyridine rings is 1. The van der Waals surface area contributed by atoms with Crippen molar-refractivity contribution in [1.82, 2.24) is 9.88 Å². The normalized spacial score (nSPS) is 16.5. The first-order valence-corrected chi connectivity index (χ1v) is 11.0. The number of halogens is 3. The quantitative estimate of drug-likeness (QED) is 0.519. The van der Waals surface area contributed by atoms with E-state index in [0.717, 1.165) is 47.4 Å². The SMILES string of the molecule is Cc1ccc(-c2ccccc2)c(C(=O)N2CCCC(Nc3ccc(C(F)(F)F)cn3)C2)c1C. The predicted octanol–water partition coefficient (Wildman–Crippen LogP) is 6.10. The standard InChI is InChI=1S/C26H26F3N3O/c1-17-10-12-22(19-7-4-3-5-8-19)24(18(17)2)25(33)32-14-6-9-21(16-32)31-23-13-11-20(15-30-23)26(27,28)29/h3-5,7-8,10-13,15,21H,6,9,14,16H2,1-2H3,(H,30,31). The van der Waals surface area contributed by atoms with Crippen molar-refractivity contribution < 1.29 is 18.0 Å². The molecule has 1 unspecified atom stereocenters. The van der Waals surface area contributed by atoms with Crippen molar-refractivity contribution in [3.8, 4) is 11.1 Å². The van der Waals surface area contributed by atoms with Crippen molar-refractivity contribution in [2.24, 2.45) is 0 Å². The second-order valence-electron chi connectivity index (χ2n) is 8.46. The Morgan fingerprint density at radius 2 is 1.82 bits per heavy atom. The van der Waals surface area contributed by atoms with Crippen LogP contribution in [0.25, 0.3) is 11.1 Å². The third-order valence-corrected chi connectivity index (χ3v) is 6.19. The third-order valence-electron chi connectivity index (χ3n) is 6.19. The van der Waals surface area contributed by atoms with Gasteiger partial charge in [-0.1, -0.05) is 42.5 Å². The third kappa shape index (κ3) is 5.02. The van der Waals surface area contributed by atoms with E-state index >= 15 is 0 Å². The number of piperidine rings is 1. The molecule has 2 heterocycles. The zero-order chi connectivity index (χ0) is 23.6. The summed E-state index contributed by atoms with van der Waals surface area (Å²) in [5.41, 5.74) is 3.83. The molecule has 2 aromatic carbocycles. The summed E-state index contributed by atoms with van der Waals surface area (Å²) in [7, 11) is 0. The lowest BCUT2D eigenvalue weighted by molar-refractivity contribution is -0.137. The number of aromatic nitrogens is 1. The number of likely N-dealkylation sites (tertiary alicyclic amines) is 1. The van der Waals surface area contributed by atoms with Crippen molar-refractivity contribution in [2.75, 3.05) is 18.4 Å². The fraction of sp³-hybridized carbons (Fsp3) is 0.308. The van der Waals surface area contributed by atoms with Gasteiger partial charge in [-0.3, -0.25) is 4.79 Å². The summed E-state index contributed by atoms with van der Waals surface area (Å²) in [6.07, 6.45) is -1.97. The molecule has 1 saturated heterocycles. The van der Waals surface area contributed by atoms with Gasteiger partial charge in [0.2, 0.25) is 0 Å². The summed E-state index contributed by atoms with van der Waals surface area (Å²) in [5, 5.41) is 3.20.